The fourth-order valence-electron chi connectivity index (χ4n) is 1.15. The number of hydrogen-bond donors (Lipinski definition) is 0. The van der Waals surface area contributed by atoms with Crippen LogP contribution in [0.25, 0.3) is 0 Å². The van der Waals surface area contributed by atoms with Gasteiger partial charge in [0.05, 0.1) is 0 Å². The van der Waals surface area contributed by atoms with Crippen LogP contribution in [-0.2, 0) is 4.79 Å². The third kappa shape index (κ3) is 1.65. The largest absolute Gasteiger partial charge is 0.284 e. The summed E-state index contributed by atoms with van der Waals surface area (Å²) in [6, 6.07) is 9.61. The Kier molecular flexibility index (Phi) is 2.19. The van der Waals surface area contributed by atoms with Crippen LogP contribution in [0.5, 0.6) is 0 Å². The van der Waals surface area contributed by atoms with Gasteiger partial charge in [-0.15, -0.1) is 0 Å². The Labute approximate surface area is 81.1 Å². The monoisotopic (exact) mass is 191 g/mol. The SMILES string of the molecule is C[C@H]1N=C(c2ccccc2)SC1=O. The summed E-state index contributed by atoms with van der Waals surface area (Å²) in [5.74, 6) is 0. The van der Waals surface area contributed by atoms with Gasteiger partial charge in [0.2, 0.25) is 5.12 Å². The fraction of sp³-hybridized carbons (Fsp3) is 0.200. The molecule has 0 amide bonds. The molecule has 0 bridgehead atoms. The van der Waals surface area contributed by atoms with Gasteiger partial charge >= 0.3 is 0 Å². The summed E-state index contributed by atoms with van der Waals surface area (Å²) in [7, 11) is 0. The second-order valence-corrected chi connectivity index (χ2v) is 3.89. The molecular formula is C10H9NOS. The number of carbonyl (C=O) groups is 1. The minimum Gasteiger partial charge on any atom is -0.284 e. The fourth-order valence-corrected chi connectivity index (χ4v) is 2.03. The molecule has 0 aliphatic carbocycles. The van der Waals surface area contributed by atoms with Crippen LogP contribution in [0.2, 0.25) is 0 Å². The highest BCUT2D eigenvalue weighted by Gasteiger charge is 2.24. The second-order valence-electron chi connectivity index (χ2n) is 2.90. The van der Waals surface area contributed by atoms with Crippen molar-refractivity contribution in [1.29, 1.82) is 0 Å². The van der Waals surface area contributed by atoms with E-state index in [2.05, 4.69) is 4.99 Å². The Morgan fingerprint density at radius 1 is 1.31 bits per heavy atom. The number of benzene rings is 1. The summed E-state index contributed by atoms with van der Waals surface area (Å²) >= 11 is 1.24. The molecule has 2 rings (SSSR count). The zero-order valence-corrected chi connectivity index (χ0v) is 8.04. The van der Waals surface area contributed by atoms with Crippen molar-refractivity contribution in [3.8, 4) is 0 Å². The van der Waals surface area contributed by atoms with Crippen molar-refractivity contribution in [3.05, 3.63) is 35.9 Å². The van der Waals surface area contributed by atoms with Crippen molar-refractivity contribution in [3.63, 3.8) is 0 Å². The highest BCUT2D eigenvalue weighted by Crippen LogP contribution is 2.24. The maximum Gasteiger partial charge on any atom is 0.219 e. The molecule has 0 N–H and O–H groups in total. The number of thioether (sulfide) groups is 1. The van der Waals surface area contributed by atoms with Gasteiger partial charge in [-0.2, -0.15) is 0 Å². The lowest BCUT2D eigenvalue weighted by atomic mass is 10.2. The predicted molar refractivity (Wildman–Crippen MR) is 55.0 cm³/mol. The van der Waals surface area contributed by atoms with Crippen molar-refractivity contribution >= 4 is 21.9 Å². The summed E-state index contributed by atoms with van der Waals surface area (Å²) in [4.78, 5) is 15.5. The van der Waals surface area contributed by atoms with Crippen molar-refractivity contribution in [2.75, 3.05) is 0 Å². The first-order valence-corrected chi connectivity index (χ1v) is 4.94. The van der Waals surface area contributed by atoms with Crippen LogP contribution < -0.4 is 0 Å². The second kappa shape index (κ2) is 3.34. The maximum atomic E-state index is 11.2. The molecule has 3 heteroatoms. The van der Waals surface area contributed by atoms with Gasteiger partial charge in [0, 0.05) is 5.56 Å². The van der Waals surface area contributed by atoms with Crippen molar-refractivity contribution in [2.24, 2.45) is 4.99 Å². The quantitative estimate of drug-likeness (QED) is 0.680. The molecule has 0 spiro atoms. The van der Waals surface area contributed by atoms with Crippen LogP contribution in [0.3, 0.4) is 0 Å². The van der Waals surface area contributed by atoms with Crippen molar-refractivity contribution in [1.82, 2.24) is 0 Å². The first kappa shape index (κ1) is 8.51. The molecule has 1 heterocycles. The molecule has 0 saturated carbocycles. The molecule has 0 saturated heterocycles. The van der Waals surface area contributed by atoms with E-state index in [4.69, 9.17) is 0 Å². The molecule has 2 nitrogen and oxygen atoms in total. The van der Waals surface area contributed by atoms with Crippen LogP contribution in [0.1, 0.15) is 12.5 Å². The summed E-state index contributed by atoms with van der Waals surface area (Å²) in [5.41, 5.74) is 1.03. The van der Waals surface area contributed by atoms with Crippen LogP contribution in [0.15, 0.2) is 35.3 Å². The van der Waals surface area contributed by atoms with E-state index in [1.807, 2.05) is 37.3 Å². The molecule has 0 unspecified atom stereocenters. The molecule has 13 heavy (non-hydrogen) atoms. The molecule has 1 atom stereocenters. The Morgan fingerprint density at radius 2 is 2.00 bits per heavy atom. The highest BCUT2D eigenvalue weighted by molar-refractivity contribution is 8.27. The number of hydrogen-bond acceptors (Lipinski definition) is 3. The lowest BCUT2D eigenvalue weighted by Gasteiger charge is -1.95. The van der Waals surface area contributed by atoms with Gasteiger partial charge in [-0.1, -0.05) is 30.3 Å². The lowest BCUT2D eigenvalue weighted by molar-refractivity contribution is -0.111. The van der Waals surface area contributed by atoms with Gasteiger partial charge < -0.3 is 0 Å². The third-order valence-corrected chi connectivity index (χ3v) is 2.95. The Balaban J connectivity index is 2.30. The van der Waals surface area contributed by atoms with Crippen molar-refractivity contribution in [2.45, 2.75) is 13.0 Å². The zero-order valence-electron chi connectivity index (χ0n) is 7.23. The molecule has 66 valence electrons. The summed E-state index contributed by atoms with van der Waals surface area (Å²) in [6.45, 7) is 1.82. The number of rotatable bonds is 1. The van der Waals surface area contributed by atoms with Crippen LogP contribution in [0, 0.1) is 0 Å². The Hall–Kier alpha value is -1.09. The van der Waals surface area contributed by atoms with Gasteiger partial charge in [0.25, 0.3) is 0 Å². The molecular weight excluding hydrogens is 182 g/mol. The molecule has 0 aromatic heterocycles. The van der Waals surface area contributed by atoms with E-state index in [1.54, 1.807) is 0 Å². The number of carbonyl (C=O) groups excluding carboxylic acids is 1. The van der Waals surface area contributed by atoms with Gasteiger partial charge in [-0.05, 0) is 18.7 Å². The van der Waals surface area contributed by atoms with Crippen LogP contribution in [-0.4, -0.2) is 16.2 Å². The average molecular weight is 191 g/mol. The van der Waals surface area contributed by atoms with E-state index in [0.717, 1.165) is 10.6 Å². The molecule has 1 aliphatic heterocycles. The normalized spacial score (nSPS) is 21.8. The highest BCUT2D eigenvalue weighted by atomic mass is 32.2. The standard InChI is InChI=1S/C10H9NOS/c1-7-10(12)13-9(11-7)8-5-3-2-4-6-8/h2-7H,1H3/t7-/m1/s1. The van der Waals surface area contributed by atoms with Gasteiger partial charge in [0.15, 0.2) is 0 Å². The van der Waals surface area contributed by atoms with Gasteiger partial charge in [0.1, 0.15) is 11.1 Å². The summed E-state index contributed by atoms with van der Waals surface area (Å²) in [6.07, 6.45) is 0. The Bertz CT molecular complexity index is 358. The smallest absolute Gasteiger partial charge is 0.219 e. The van der Waals surface area contributed by atoms with Gasteiger partial charge in [-0.25, -0.2) is 0 Å². The zero-order chi connectivity index (χ0) is 9.26. The van der Waals surface area contributed by atoms with Crippen LogP contribution in [0.4, 0.5) is 0 Å². The average Bonchev–Trinajstić information content (AvgIpc) is 2.49. The Morgan fingerprint density at radius 3 is 2.54 bits per heavy atom. The lowest BCUT2D eigenvalue weighted by Crippen LogP contribution is -2.02. The van der Waals surface area contributed by atoms with E-state index in [1.165, 1.54) is 11.8 Å². The minimum absolute atomic E-state index is 0.138. The predicted octanol–water partition coefficient (Wildman–Crippen LogP) is 2.10. The van der Waals surface area contributed by atoms with E-state index in [-0.39, 0.29) is 11.2 Å². The first-order valence-electron chi connectivity index (χ1n) is 4.12. The molecule has 1 aromatic carbocycles. The van der Waals surface area contributed by atoms with E-state index >= 15 is 0 Å². The molecule has 1 aromatic rings. The van der Waals surface area contributed by atoms with E-state index in [0.29, 0.717) is 0 Å². The maximum absolute atomic E-state index is 11.2. The summed E-state index contributed by atoms with van der Waals surface area (Å²) in [5, 5.41) is 0.983. The molecule has 1 aliphatic rings. The summed E-state index contributed by atoms with van der Waals surface area (Å²) < 4.78 is 0. The van der Waals surface area contributed by atoms with E-state index in [9.17, 15) is 4.79 Å². The molecule has 0 fully saturated rings. The van der Waals surface area contributed by atoms with Crippen LogP contribution >= 0.6 is 11.8 Å². The third-order valence-electron chi connectivity index (χ3n) is 1.87. The first-order chi connectivity index (χ1) is 6.27. The minimum atomic E-state index is -0.180. The van der Waals surface area contributed by atoms with E-state index < -0.39 is 0 Å². The topological polar surface area (TPSA) is 29.4 Å². The number of aliphatic imine (C=N–C) groups is 1. The molecule has 0 radical (unpaired) electrons. The number of nitrogens with zero attached hydrogens (tertiary/aromatic N) is 1. The van der Waals surface area contributed by atoms with Gasteiger partial charge in [-0.3, -0.25) is 9.79 Å². The van der Waals surface area contributed by atoms with Crippen molar-refractivity contribution < 1.29 is 4.79 Å².